The minimum absolute atomic E-state index is 0. The zero-order chi connectivity index (χ0) is 7.00. The van der Waals surface area contributed by atoms with Crippen molar-refractivity contribution in [2.24, 2.45) is 0 Å². The molecule has 0 aromatic rings. The number of rotatable bonds is 0. The summed E-state index contributed by atoms with van der Waals surface area (Å²) in [4.78, 5) is 0. The number of halogens is 3. The van der Waals surface area contributed by atoms with E-state index in [-0.39, 0.29) is 40.4 Å². The van der Waals surface area contributed by atoms with Crippen LogP contribution in [0, 0.1) is 40.4 Å². The number of hydrogen-bond donors (Lipinski definition) is 1. The maximum absolute atomic E-state index is 10.7. The van der Waals surface area contributed by atoms with Crippen LogP contribution >= 0.6 is 0 Å². The molecule has 53 valence electrons. The summed E-state index contributed by atoms with van der Waals surface area (Å²) in [5, 5.41) is 0. The largest absolute Gasteiger partial charge is 3.00 e. The molecular formula is CHF3O3SSm+3. The standard InChI is InChI=1S/CHF3O3S.Sm/c2-1(3,4)8(5,6)7;/h(H,5,6,7);/q;+3. The Labute approximate surface area is 81.5 Å². The van der Waals surface area contributed by atoms with Crippen LogP contribution in [0.3, 0.4) is 0 Å². The van der Waals surface area contributed by atoms with Gasteiger partial charge in [-0.2, -0.15) is 21.6 Å². The van der Waals surface area contributed by atoms with Crippen LogP contribution in [0.25, 0.3) is 0 Å². The quantitative estimate of drug-likeness (QED) is 0.520. The topological polar surface area (TPSA) is 54.4 Å². The summed E-state index contributed by atoms with van der Waals surface area (Å²) in [6.07, 6.45) is 0. The smallest absolute Gasteiger partial charge is 0.279 e. The average Bonchev–Trinajstić information content (AvgIpc) is 1.25. The summed E-state index contributed by atoms with van der Waals surface area (Å²) in [6.45, 7) is 0. The van der Waals surface area contributed by atoms with Gasteiger partial charge in [0.1, 0.15) is 0 Å². The first-order chi connectivity index (χ1) is 3.25. The van der Waals surface area contributed by atoms with E-state index in [1.165, 1.54) is 0 Å². The summed E-state index contributed by atoms with van der Waals surface area (Å²) in [5.74, 6) is 0. The molecule has 0 atom stereocenters. The summed E-state index contributed by atoms with van der Waals surface area (Å²) < 4.78 is 57.5. The zero-order valence-electron chi connectivity index (χ0n) is 3.71. The molecule has 0 rings (SSSR count). The molecule has 0 aliphatic rings. The molecule has 0 fully saturated rings. The van der Waals surface area contributed by atoms with Crippen molar-refractivity contribution >= 4 is 10.1 Å². The van der Waals surface area contributed by atoms with Gasteiger partial charge in [-0.25, -0.2) is 0 Å². The molecule has 1 radical (unpaired) electrons. The van der Waals surface area contributed by atoms with Gasteiger partial charge in [-0.3, -0.25) is 4.55 Å². The van der Waals surface area contributed by atoms with Crippen LogP contribution in [0.4, 0.5) is 13.2 Å². The van der Waals surface area contributed by atoms with E-state index in [9.17, 15) is 13.2 Å². The Morgan fingerprint density at radius 1 is 1.22 bits per heavy atom. The Hall–Kier alpha value is 1.04. The van der Waals surface area contributed by atoms with Gasteiger partial charge >= 0.3 is 56.0 Å². The Balaban J connectivity index is 0. The summed E-state index contributed by atoms with van der Waals surface area (Å²) in [5.41, 5.74) is -5.53. The van der Waals surface area contributed by atoms with Gasteiger partial charge < -0.3 is 0 Å². The van der Waals surface area contributed by atoms with Crippen molar-refractivity contribution in [3.8, 4) is 0 Å². The second kappa shape index (κ2) is 3.43. The maximum atomic E-state index is 10.7. The fourth-order valence-electron chi connectivity index (χ4n) is 0. The predicted octanol–water partition coefficient (Wildman–Crippen LogP) is 0.394. The molecule has 9 heavy (non-hydrogen) atoms. The van der Waals surface area contributed by atoms with Crippen molar-refractivity contribution < 1.29 is 66.5 Å². The number of hydrogen-bond acceptors (Lipinski definition) is 2. The van der Waals surface area contributed by atoms with E-state index in [2.05, 4.69) is 0 Å². The van der Waals surface area contributed by atoms with Gasteiger partial charge in [0.25, 0.3) is 0 Å². The van der Waals surface area contributed by atoms with Crippen molar-refractivity contribution in [1.29, 1.82) is 0 Å². The molecule has 0 saturated heterocycles. The van der Waals surface area contributed by atoms with Gasteiger partial charge in [-0.05, 0) is 0 Å². The van der Waals surface area contributed by atoms with Gasteiger partial charge in [-0.1, -0.05) is 0 Å². The normalized spacial score (nSPS) is 12.4. The maximum Gasteiger partial charge on any atom is 3.00 e. The molecule has 0 heterocycles. The Morgan fingerprint density at radius 3 is 1.33 bits per heavy atom. The molecule has 0 aliphatic carbocycles. The Kier molecular flexibility index (Phi) is 4.84. The van der Waals surface area contributed by atoms with Crippen molar-refractivity contribution in [1.82, 2.24) is 0 Å². The van der Waals surface area contributed by atoms with Crippen LogP contribution in [0.1, 0.15) is 0 Å². The van der Waals surface area contributed by atoms with Crippen molar-refractivity contribution in [3.05, 3.63) is 0 Å². The summed E-state index contributed by atoms with van der Waals surface area (Å²) in [7, 11) is -5.84. The van der Waals surface area contributed by atoms with Crippen molar-refractivity contribution in [2.45, 2.75) is 5.51 Å². The minimum Gasteiger partial charge on any atom is -0.279 e. The molecule has 0 saturated carbocycles. The van der Waals surface area contributed by atoms with Crippen LogP contribution in [0.2, 0.25) is 0 Å². The molecule has 0 aliphatic heterocycles. The van der Waals surface area contributed by atoms with Crippen LogP contribution in [0.15, 0.2) is 0 Å². The van der Waals surface area contributed by atoms with Gasteiger partial charge in [-0.15, -0.1) is 0 Å². The SMILES string of the molecule is O=S(=O)(O)C(F)(F)F.[Sm+3]. The fraction of sp³-hybridized carbons (Fsp3) is 1.00. The van der Waals surface area contributed by atoms with Crippen molar-refractivity contribution in [3.63, 3.8) is 0 Å². The van der Waals surface area contributed by atoms with E-state index in [0.717, 1.165) is 0 Å². The van der Waals surface area contributed by atoms with E-state index in [1.807, 2.05) is 0 Å². The van der Waals surface area contributed by atoms with Gasteiger partial charge in [0, 0.05) is 0 Å². The van der Waals surface area contributed by atoms with Gasteiger partial charge in [0.05, 0.1) is 0 Å². The third-order valence-electron chi connectivity index (χ3n) is 0.292. The minimum atomic E-state index is -5.84. The molecule has 0 aromatic heterocycles. The zero-order valence-corrected chi connectivity index (χ0v) is 7.15. The van der Waals surface area contributed by atoms with Gasteiger partial charge in [0.2, 0.25) is 0 Å². The third kappa shape index (κ3) is 4.44. The third-order valence-corrected chi connectivity index (χ3v) is 0.877. The van der Waals surface area contributed by atoms with Crippen LogP contribution in [-0.4, -0.2) is 18.5 Å². The molecule has 0 bridgehead atoms. The molecule has 0 spiro atoms. The molecule has 0 aromatic carbocycles. The van der Waals surface area contributed by atoms with Crippen LogP contribution in [-0.2, 0) is 10.1 Å². The first-order valence-corrected chi connectivity index (χ1v) is 2.73. The Bertz CT molecular complexity index is 168. The molecule has 0 amide bonds. The molecule has 3 nitrogen and oxygen atoms in total. The fourth-order valence-corrected chi connectivity index (χ4v) is 0. The predicted molar refractivity (Wildman–Crippen MR) is 17.6 cm³/mol. The molecule has 0 unspecified atom stereocenters. The van der Waals surface area contributed by atoms with Crippen LogP contribution in [0.5, 0.6) is 0 Å². The van der Waals surface area contributed by atoms with Gasteiger partial charge in [0.15, 0.2) is 0 Å². The summed E-state index contributed by atoms with van der Waals surface area (Å²) >= 11 is 0. The molecule has 8 heteroatoms. The van der Waals surface area contributed by atoms with E-state index >= 15 is 0 Å². The monoisotopic (exact) mass is 302 g/mol. The number of alkyl halides is 3. The van der Waals surface area contributed by atoms with Crippen LogP contribution < -0.4 is 0 Å². The van der Waals surface area contributed by atoms with E-state index < -0.39 is 15.6 Å². The second-order valence-corrected chi connectivity index (χ2v) is 2.33. The van der Waals surface area contributed by atoms with E-state index in [1.54, 1.807) is 0 Å². The Morgan fingerprint density at radius 2 is 1.33 bits per heavy atom. The first kappa shape index (κ1) is 12.7. The first-order valence-electron chi connectivity index (χ1n) is 1.29. The van der Waals surface area contributed by atoms with E-state index in [4.69, 9.17) is 13.0 Å². The average molecular weight is 300 g/mol. The molecule has 1 N–H and O–H groups in total. The summed E-state index contributed by atoms with van der Waals surface area (Å²) in [6, 6.07) is 0. The molecular weight excluding hydrogens is 299 g/mol. The second-order valence-electron chi connectivity index (χ2n) is 0.921. The van der Waals surface area contributed by atoms with E-state index in [0.29, 0.717) is 0 Å². The van der Waals surface area contributed by atoms with Crippen molar-refractivity contribution in [2.75, 3.05) is 0 Å².